The predicted molar refractivity (Wildman–Crippen MR) is 79.5 cm³/mol. The number of sulfonamides is 1. The predicted octanol–water partition coefficient (Wildman–Crippen LogP) is 1.73. The molecule has 1 aliphatic rings. The molecule has 1 aliphatic carbocycles. The number of nitrogens with zero attached hydrogens (tertiary/aromatic N) is 3. The summed E-state index contributed by atoms with van der Waals surface area (Å²) in [6.45, 7) is 4.61. The van der Waals surface area contributed by atoms with Gasteiger partial charge >= 0.3 is 0 Å². The lowest BCUT2D eigenvalue weighted by Crippen LogP contribution is -2.39. The Kier molecular flexibility index (Phi) is 4.83. The van der Waals surface area contributed by atoms with Gasteiger partial charge in [-0.05, 0) is 26.2 Å². The molecule has 7 heteroatoms. The van der Waals surface area contributed by atoms with Crippen molar-refractivity contribution in [3.8, 4) is 0 Å². The topological polar surface area (TPSA) is 72.3 Å². The molecule has 0 unspecified atom stereocenters. The molecule has 0 radical (unpaired) electrons. The van der Waals surface area contributed by atoms with Gasteiger partial charge in [0.15, 0.2) is 5.03 Å². The number of rotatable bonds is 5. The Morgan fingerprint density at radius 2 is 2.00 bits per heavy atom. The quantitative estimate of drug-likeness (QED) is 0.830. The lowest BCUT2D eigenvalue weighted by molar-refractivity contribution is -0.120. The molecule has 0 amide bonds. The van der Waals surface area contributed by atoms with Crippen LogP contribution in [0, 0.1) is 6.92 Å². The van der Waals surface area contributed by atoms with Crippen molar-refractivity contribution in [3.63, 3.8) is 0 Å². The zero-order chi connectivity index (χ0) is 15.6. The van der Waals surface area contributed by atoms with Crippen LogP contribution < -0.4 is 0 Å². The number of imidazole rings is 1. The van der Waals surface area contributed by atoms with E-state index in [9.17, 15) is 13.2 Å². The number of ketones is 1. The zero-order valence-corrected chi connectivity index (χ0v) is 13.7. The summed E-state index contributed by atoms with van der Waals surface area (Å²) in [7, 11) is -2.00. The van der Waals surface area contributed by atoms with Crippen molar-refractivity contribution in [2.45, 2.75) is 63.6 Å². The summed E-state index contributed by atoms with van der Waals surface area (Å²) < 4.78 is 28.5. The van der Waals surface area contributed by atoms with Crippen molar-refractivity contribution in [2.75, 3.05) is 7.05 Å². The summed E-state index contributed by atoms with van der Waals surface area (Å²) in [5.41, 5.74) is 0. The highest BCUT2D eigenvalue weighted by Crippen LogP contribution is 2.24. The summed E-state index contributed by atoms with van der Waals surface area (Å²) in [4.78, 5) is 15.5. The Bertz CT molecular complexity index is 611. The van der Waals surface area contributed by atoms with Crippen molar-refractivity contribution < 1.29 is 13.2 Å². The van der Waals surface area contributed by atoms with Crippen LogP contribution in [0.4, 0.5) is 0 Å². The number of aromatic nitrogens is 2. The minimum absolute atomic E-state index is 0.104. The zero-order valence-electron chi connectivity index (χ0n) is 12.9. The van der Waals surface area contributed by atoms with E-state index in [0.717, 1.165) is 13.0 Å². The van der Waals surface area contributed by atoms with Crippen LogP contribution in [0.2, 0.25) is 0 Å². The Balaban J connectivity index is 2.20. The van der Waals surface area contributed by atoms with Crippen LogP contribution >= 0.6 is 0 Å². The maximum atomic E-state index is 12.6. The molecule has 0 atom stereocenters. The van der Waals surface area contributed by atoms with Gasteiger partial charge in [0.1, 0.15) is 11.6 Å². The first-order valence-corrected chi connectivity index (χ1v) is 8.83. The van der Waals surface area contributed by atoms with E-state index in [1.807, 2.05) is 18.4 Å². The molecule has 1 saturated carbocycles. The Morgan fingerprint density at radius 3 is 2.57 bits per heavy atom. The summed E-state index contributed by atoms with van der Waals surface area (Å²) in [6.07, 6.45) is 4.67. The van der Waals surface area contributed by atoms with E-state index in [1.165, 1.54) is 4.31 Å². The summed E-state index contributed by atoms with van der Waals surface area (Å²) in [6, 6.07) is -0.107. The molecule has 0 N–H and O–H groups in total. The van der Waals surface area contributed by atoms with E-state index in [4.69, 9.17) is 0 Å². The van der Waals surface area contributed by atoms with Crippen LogP contribution in [0.1, 0.15) is 44.9 Å². The molecule has 6 nitrogen and oxygen atoms in total. The number of carbonyl (C=O) groups is 1. The van der Waals surface area contributed by atoms with E-state index in [2.05, 4.69) is 4.98 Å². The Labute approximate surface area is 126 Å². The van der Waals surface area contributed by atoms with Gasteiger partial charge < -0.3 is 4.57 Å². The van der Waals surface area contributed by atoms with Crippen molar-refractivity contribution in [1.82, 2.24) is 13.9 Å². The molecule has 0 saturated heterocycles. The normalized spacial score (nSPS) is 17.6. The molecule has 1 aromatic heterocycles. The van der Waals surface area contributed by atoms with Crippen molar-refractivity contribution >= 4 is 15.8 Å². The summed E-state index contributed by atoms with van der Waals surface area (Å²) in [5, 5.41) is 0.104. The second kappa shape index (κ2) is 6.27. The average Bonchev–Trinajstić information content (AvgIpc) is 2.81. The second-order valence-corrected chi connectivity index (χ2v) is 7.56. The van der Waals surface area contributed by atoms with Gasteiger partial charge in [-0.1, -0.05) is 6.92 Å². The van der Waals surface area contributed by atoms with Gasteiger partial charge in [0, 0.05) is 38.7 Å². The van der Waals surface area contributed by atoms with Gasteiger partial charge in [0.25, 0.3) is 10.0 Å². The molecule has 0 spiro atoms. The van der Waals surface area contributed by atoms with Gasteiger partial charge in [-0.25, -0.2) is 13.4 Å². The molecular weight excluding hydrogens is 290 g/mol. The maximum absolute atomic E-state index is 12.6. The van der Waals surface area contributed by atoms with Gasteiger partial charge in [-0.3, -0.25) is 4.79 Å². The highest BCUT2D eigenvalue weighted by atomic mass is 32.2. The molecular formula is C14H23N3O3S. The van der Waals surface area contributed by atoms with Gasteiger partial charge in [-0.15, -0.1) is 0 Å². The van der Waals surface area contributed by atoms with Crippen LogP contribution in [0.5, 0.6) is 0 Å². The largest absolute Gasteiger partial charge is 0.334 e. The van der Waals surface area contributed by atoms with E-state index < -0.39 is 10.0 Å². The van der Waals surface area contributed by atoms with Crippen molar-refractivity contribution in [2.24, 2.45) is 0 Å². The summed E-state index contributed by atoms with van der Waals surface area (Å²) in [5.74, 6) is 0.933. The lowest BCUT2D eigenvalue weighted by atomic mass is 9.95. The number of hydrogen-bond donors (Lipinski definition) is 0. The fourth-order valence-electron chi connectivity index (χ4n) is 2.70. The molecule has 118 valence electrons. The Hall–Kier alpha value is -1.21. The number of Topliss-reactive ketones (excluding diaryl/α,β-unsaturated/α-hetero) is 1. The van der Waals surface area contributed by atoms with Crippen LogP contribution in [0.3, 0.4) is 0 Å². The molecule has 1 aromatic rings. The minimum Gasteiger partial charge on any atom is -0.334 e. The Morgan fingerprint density at radius 1 is 1.38 bits per heavy atom. The first-order valence-electron chi connectivity index (χ1n) is 7.39. The second-order valence-electron chi connectivity index (χ2n) is 5.61. The SMILES string of the molecule is CCCn1cc(S(=O)(=O)N(C)C2CCC(=O)CC2)nc1C. The number of hydrogen-bond acceptors (Lipinski definition) is 4. The molecule has 1 fully saturated rings. The third-order valence-electron chi connectivity index (χ3n) is 4.09. The van der Waals surface area contributed by atoms with E-state index in [0.29, 0.717) is 31.5 Å². The first-order chi connectivity index (χ1) is 9.86. The summed E-state index contributed by atoms with van der Waals surface area (Å²) >= 11 is 0. The van der Waals surface area contributed by atoms with Gasteiger partial charge in [0.2, 0.25) is 0 Å². The fraction of sp³-hybridized carbons (Fsp3) is 0.714. The fourth-order valence-corrected chi connectivity index (χ4v) is 4.11. The number of aryl methyl sites for hydroxylation is 2. The average molecular weight is 313 g/mol. The van der Waals surface area contributed by atoms with E-state index >= 15 is 0 Å². The van der Waals surface area contributed by atoms with Crippen LogP contribution in [-0.4, -0.2) is 41.1 Å². The highest BCUT2D eigenvalue weighted by Gasteiger charge is 2.32. The van der Waals surface area contributed by atoms with E-state index in [1.54, 1.807) is 13.2 Å². The lowest BCUT2D eigenvalue weighted by Gasteiger charge is -2.29. The maximum Gasteiger partial charge on any atom is 0.262 e. The minimum atomic E-state index is -3.59. The molecule has 0 aliphatic heterocycles. The third-order valence-corrected chi connectivity index (χ3v) is 5.87. The monoisotopic (exact) mass is 313 g/mol. The molecule has 21 heavy (non-hydrogen) atoms. The third kappa shape index (κ3) is 3.35. The van der Waals surface area contributed by atoms with Gasteiger partial charge in [-0.2, -0.15) is 4.31 Å². The van der Waals surface area contributed by atoms with Crippen LogP contribution in [0.15, 0.2) is 11.2 Å². The first kappa shape index (κ1) is 16.2. The van der Waals surface area contributed by atoms with E-state index in [-0.39, 0.29) is 16.9 Å². The van der Waals surface area contributed by atoms with Crippen LogP contribution in [0.25, 0.3) is 0 Å². The molecule has 0 aromatic carbocycles. The smallest absolute Gasteiger partial charge is 0.262 e. The van der Waals surface area contributed by atoms with Gasteiger partial charge in [0.05, 0.1) is 0 Å². The standard InChI is InChI=1S/C14H23N3O3S/c1-4-9-17-10-14(15-11(17)2)21(19,20)16(3)12-5-7-13(18)8-6-12/h10,12H,4-9H2,1-3H3. The number of carbonyl (C=O) groups excluding carboxylic acids is 1. The molecule has 1 heterocycles. The van der Waals surface area contributed by atoms with Crippen LogP contribution in [-0.2, 0) is 21.4 Å². The highest BCUT2D eigenvalue weighted by molar-refractivity contribution is 7.89. The molecule has 0 bridgehead atoms. The van der Waals surface area contributed by atoms with Crippen molar-refractivity contribution in [3.05, 3.63) is 12.0 Å². The molecule has 2 rings (SSSR count). The van der Waals surface area contributed by atoms with Crippen molar-refractivity contribution in [1.29, 1.82) is 0 Å².